The van der Waals surface area contributed by atoms with E-state index in [1.807, 2.05) is 36.6 Å². The molecule has 3 heterocycles. The van der Waals surface area contributed by atoms with E-state index in [1.54, 1.807) is 36.0 Å². The summed E-state index contributed by atoms with van der Waals surface area (Å²) in [6, 6.07) is 11.1. The van der Waals surface area contributed by atoms with Gasteiger partial charge in [0.1, 0.15) is 10.7 Å². The fourth-order valence-electron chi connectivity index (χ4n) is 2.41. The van der Waals surface area contributed by atoms with E-state index in [2.05, 4.69) is 20.5 Å². The molecule has 0 aliphatic heterocycles. The highest BCUT2D eigenvalue weighted by molar-refractivity contribution is 7.13. The van der Waals surface area contributed by atoms with Crippen LogP contribution < -0.4 is 5.32 Å². The second-order valence-corrected chi connectivity index (χ2v) is 6.37. The summed E-state index contributed by atoms with van der Waals surface area (Å²) < 4.78 is 5.03. The zero-order chi connectivity index (χ0) is 17.2. The quantitative estimate of drug-likeness (QED) is 0.573. The van der Waals surface area contributed by atoms with Crippen molar-refractivity contribution in [1.29, 1.82) is 0 Å². The van der Waals surface area contributed by atoms with Crippen molar-refractivity contribution in [3.63, 3.8) is 0 Å². The molecule has 4 rings (SSSR count). The molecule has 0 aliphatic rings. The number of hydrogen-bond acceptors (Lipinski definition) is 5. The van der Waals surface area contributed by atoms with Gasteiger partial charge in [0.25, 0.3) is 5.91 Å². The Hall–Kier alpha value is -3.19. The smallest absolute Gasteiger partial charge is 0.273 e. The second-order valence-electron chi connectivity index (χ2n) is 5.51. The van der Waals surface area contributed by atoms with Crippen LogP contribution in [0, 0.1) is 6.92 Å². The summed E-state index contributed by atoms with van der Waals surface area (Å²) in [7, 11) is 0. The van der Waals surface area contributed by atoms with Crippen LogP contribution in [-0.4, -0.2) is 21.1 Å². The molecule has 0 spiro atoms. The van der Waals surface area contributed by atoms with E-state index in [-0.39, 0.29) is 5.91 Å². The Morgan fingerprint density at radius 3 is 2.92 bits per heavy atom. The average Bonchev–Trinajstić information content (AvgIpc) is 3.36. The topological polar surface area (TPSA) is 83.8 Å². The van der Waals surface area contributed by atoms with Gasteiger partial charge in [-0.15, -0.1) is 11.3 Å². The number of H-pyrrole nitrogens is 1. The molecule has 0 saturated carbocycles. The number of thiazole rings is 1. The molecule has 0 atom stereocenters. The van der Waals surface area contributed by atoms with Gasteiger partial charge >= 0.3 is 0 Å². The first-order valence-corrected chi connectivity index (χ1v) is 8.49. The molecule has 2 N–H and O–H groups in total. The predicted molar refractivity (Wildman–Crippen MR) is 96.5 cm³/mol. The molecule has 0 unspecified atom stereocenters. The number of carbonyl (C=O) groups excluding carboxylic acids is 1. The number of aryl methyl sites for hydroxylation is 1. The Bertz CT molecular complexity index is 1020. The number of aromatic nitrogens is 3. The van der Waals surface area contributed by atoms with Crippen LogP contribution in [-0.2, 0) is 0 Å². The maximum atomic E-state index is 12.4. The van der Waals surface area contributed by atoms with Gasteiger partial charge < -0.3 is 9.73 Å². The summed E-state index contributed by atoms with van der Waals surface area (Å²) in [5, 5.41) is 12.7. The summed E-state index contributed by atoms with van der Waals surface area (Å²) in [5.74, 6) is -0.255. The molecule has 0 radical (unpaired) electrons. The summed E-state index contributed by atoms with van der Waals surface area (Å²) in [6.45, 7) is 1.96. The number of carbonyl (C=O) groups is 1. The van der Waals surface area contributed by atoms with Crippen molar-refractivity contribution < 1.29 is 9.21 Å². The molecular formula is C18H14N4O2S. The molecule has 7 heteroatoms. The highest BCUT2D eigenvalue weighted by Crippen LogP contribution is 2.26. The van der Waals surface area contributed by atoms with Crippen LogP contribution in [0.25, 0.3) is 21.8 Å². The highest BCUT2D eigenvalue weighted by Gasteiger charge is 2.12. The zero-order valence-corrected chi connectivity index (χ0v) is 14.1. The lowest BCUT2D eigenvalue weighted by Gasteiger charge is -2.05. The number of rotatable bonds is 4. The van der Waals surface area contributed by atoms with Gasteiger partial charge in [-0.25, -0.2) is 4.98 Å². The minimum atomic E-state index is -0.255. The fraction of sp³-hybridized carbons (Fsp3) is 0.0556. The standard InChI is InChI=1S/C18H14N4O2S/c1-11-10-25-18(19-11)12-3-2-4-14(7-12)20-17(23)16-8-15(21-22-16)13-5-6-24-9-13/h2-10H,1H3,(H,20,23)(H,21,22). The SMILES string of the molecule is Cc1csc(-c2cccc(NC(=O)c3cc(-c4ccoc4)n[nH]3)c2)n1. The Balaban J connectivity index is 1.53. The molecule has 124 valence electrons. The summed E-state index contributed by atoms with van der Waals surface area (Å²) in [6.07, 6.45) is 3.15. The number of aromatic amines is 1. The Morgan fingerprint density at radius 1 is 1.24 bits per heavy atom. The van der Waals surface area contributed by atoms with Crippen molar-refractivity contribution in [2.24, 2.45) is 0 Å². The van der Waals surface area contributed by atoms with Crippen LogP contribution >= 0.6 is 11.3 Å². The van der Waals surface area contributed by atoms with Crippen molar-refractivity contribution in [2.75, 3.05) is 5.32 Å². The van der Waals surface area contributed by atoms with Crippen LogP contribution in [0.2, 0.25) is 0 Å². The molecule has 0 bridgehead atoms. The van der Waals surface area contributed by atoms with Gasteiger partial charge in [-0.2, -0.15) is 5.10 Å². The Labute approximate surface area is 147 Å². The van der Waals surface area contributed by atoms with Gasteiger partial charge in [-0.05, 0) is 31.2 Å². The van der Waals surface area contributed by atoms with Crippen LogP contribution in [0.15, 0.2) is 58.7 Å². The van der Waals surface area contributed by atoms with Crippen LogP contribution in [0.3, 0.4) is 0 Å². The van der Waals surface area contributed by atoms with Crippen LogP contribution in [0.5, 0.6) is 0 Å². The third-order valence-electron chi connectivity index (χ3n) is 3.63. The first-order chi connectivity index (χ1) is 12.2. The Kier molecular flexibility index (Phi) is 3.91. The van der Waals surface area contributed by atoms with Gasteiger partial charge in [-0.3, -0.25) is 9.89 Å². The Morgan fingerprint density at radius 2 is 2.16 bits per heavy atom. The highest BCUT2D eigenvalue weighted by atomic mass is 32.1. The molecule has 25 heavy (non-hydrogen) atoms. The normalized spacial score (nSPS) is 10.8. The van der Waals surface area contributed by atoms with E-state index < -0.39 is 0 Å². The van der Waals surface area contributed by atoms with Crippen molar-refractivity contribution in [3.05, 3.63) is 65.7 Å². The maximum Gasteiger partial charge on any atom is 0.273 e. The lowest BCUT2D eigenvalue weighted by Crippen LogP contribution is -2.12. The van der Waals surface area contributed by atoms with Gasteiger partial charge in [0.15, 0.2) is 0 Å². The molecular weight excluding hydrogens is 336 g/mol. The van der Waals surface area contributed by atoms with Crippen molar-refractivity contribution >= 4 is 22.9 Å². The third kappa shape index (κ3) is 3.22. The van der Waals surface area contributed by atoms with E-state index in [0.29, 0.717) is 17.1 Å². The van der Waals surface area contributed by atoms with Gasteiger partial charge in [0.2, 0.25) is 0 Å². The average molecular weight is 350 g/mol. The number of benzene rings is 1. The minimum Gasteiger partial charge on any atom is -0.472 e. The number of amides is 1. The number of anilines is 1. The summed E-state index contributed by atoms with van der Waals surface area (Å²) in [4.78, 5) is 16.9. The molecule has 0 fully saturated rings. The van der Waals surface area contributed by atoms with Crippen molar-refractivity contribution in [3.8, 4) is 21.8 Å². The predicted octanol–water partition coefficient (Wildman–Crippen LogP) is 4.35. The molecule has 6 nitrogen and oxygen atoms in total. The summed E-state index contributed by atoms with van der Waals surface area (Å²) in [5.41, 5.74) is 4.52. The van der Waals surface area contributed by atoms with Gasteiger partial charge in [0.05, 0.1) is 18.2 Å². The lowest BCUT2D eigenvalue weighted by molar-refractivity contribution is 0.102. The number of nitrogens with one attached hydrogen (secondary N) is 2. The van der Waals surface area contributed by atoms with Gasteiger partial charge in [0, 0.05) is 27.9 Å². The van der Waals surface area contributed by atoms with Gasteiger partial charge in [-0.1, -0.05) is 12.1 Å². The zero-order valence-electron chi connectivity index (χ0n) is 13.3. The first kappa shape index (κ1) is 15.3. The molecule has 0 aliphatic carbocycles. The van der Waals surface area contributed by atoms with Crippen LogP contribution in [0.4, 0.5) is 5.69 Å². The monoisotopic (exact) mass is 350 g/mol. The number of hydrogen-bond donors (Lipinski definition) is 2. The van der Waals surface area contributed by atoms with E-state index in [1.165, 1.54) is 0 Å². The minimum absolute atomic E-state index is 0.255. The summed E-state index contributed by atoms with van der Waals surface area (Å²) >= 11 is 1.58. The van der Waals surface area contributed by atoms with E-state index in [9.17, 15) is 4.79 Å². The number of furan rings is 1. The van der Waals surface area contributed by atoms with E-state index >= 15 is 0 Å². The van der Waals surface area contributed by atoms with Crippen LogP contribution in [0.1, 0.15) is 16.2 Å². The molecule has 0 saturated heterocycles. The first-order valence-electron chi connectivity index (χ1n) is 7.61. The van der Waals surface area contributed by atoms with Crippen molar-refractivity contribution in [1.82, 2.24) is 15.2 Å². The fourth-order valence-corrected chi connectivity index (χ4v) is 3.21. The largest absolute Gasteiger partial charge is 0.472 e. The number of nitrogens with zero attached hydrogens (tertiary/aromatic N) is 2. The molecule has 1 aromatic carbocycles. The van der Waals surface area contributed by atoms with E-state index in [4.69, 9.17) is 4.42 Å². The van der Waals surface area contributed by atoms with Crippen molar-refractivity contribution in [2.45, 2.75) is 6.92 Å². The molecule has 3 aromatic heterocycles. The molecule has 4 aromatic rings. The maximum absolute atomic E-state index is 12.4. The lowest BCUT2D eigenvalue weighted by atomic mass is 10.2. The third-order valence-corrected chi connectivity index (χ3v) is 4.64. The second kappa shape index (κ2) is 6.37. The van der Waals surface area contributed by atoms with E-state index in [0.717, 1.165) is 21.8 Å². The molecule has 1 amide bonds.